The van der Waals surface area contributed by atoms with Crippen LogP contribution in [0.2, 0.25) is 0 Å². The van der Waals surface area contributed by atoms with Gasteiger partial charge in [-0.2, -0.15) is 0 Å². The minimum absolute atomic E-state index is 0.0129. The van der Waals surface area contributed by atoms with Gasteiger partial charge in [0.05, 0.1) is 10.5 Å². The van der Waals surface area contributed by atoms with Gasteiger partial charge in [-0.1, -0.05) is 12.1 Å². The summed E-state index contributed by atoms with van der Waals surface area (Å²) in [5.74, 6) is -2.07. The predicted molar refractivity (Wildman–Crippen MR) is 101 cm³/mol. The fourth-order valence-corrected chi connectivity index (χ4v) is 3.36. The Labute approximate surface area is 163 Å². The Morgan fingerprint density at radius 1 is 1.14 bits per heavy atom. The molecule has 9 heteroatoms. The van der Waals surface area contributed by atoms with Crippen LogP contribution in [0.4, 0.5) is 9.18 Å². The zero-order valence-corrected chi connectivity index (χ0v) is 15.2. The highest BCUT2D eigenvalue weighted by atomic mass is 32.2. The van der Waals surface area contributed by atoms with Gasteiger partial charge in [-0.3, -0.25) is 19.3 Å². The lowest BCUT2D eigenvalue weighted by Crippen LogP contribution is -2.37. The molecule has 3 N–H and O–H groups in total. The molecule has 0 atom stereocenters. The van der Waals surface area contributed by atoms with Crippen molar-refractivity contribution < 1.29 is 29.0 Å². The van der Waals surface area contributed by atoms with Crippen molar-refractivity contribution in [3.8, 4) is 11.5 Å². The molecule has 1 saturated heterocycles. The van der Waals surface area contributed by atoms with Crippen LogP contribution >= 0.6 is 11.8 Å². The normalized spacial score (nSPS) is 15.3. The first-order valence-electron chi connectivity index (χ1n) is 8.16. The number of thioether (sulfide) groups is 1. The third-order valence-corrected chi connectivity index (χ3v) is 4.80. The quantitative estimate of drug-likeness (QED) is 0.664. The van der Waals surface area contributed by atoms with E-state index in [9.17, 15) is 29.0 Å². The lowest BCUT2D eigenvalue weighted by Gasteiger charge is -2.13. The van der Waals surface area contributed by atoms with Gasteiger partial charge in [0, 0.05) is 19.2 Å². The number of phenolic OH excluding ortho intramolecular Hbond substituents is 2. The molecule has 0 bridgehead atoms. The van der Waals surface area contributed by atoms with Gasteiger partial charge in [0.2, 0.25) is 0 Å². The van der Waals surface area contributed by atoms with Crippen LogP contribution in [-0.2, 0) is 4.79 Å². The van der Waals surface area contributed by atoms with E-state index < -0.39 is 22.9 Å². The average molecular weight is 402 g/mol. The number of imide groups is 1. The predicted octanol–water partition coefficient (Wildman–Crippen LogP) is 2.70. The maximum absolute atomic E-state index is 13.0. The third kappa shape index (κ3) is 4.32. The Kier molecular flexibility index (Phi) is 5.65. The highest BCUT2D eigenvalue weighted by Crippen LogP contribution is 2.32. The van der Waals surface area contributed by atoms with Gasteiger partial charge in [-0.25, -0.2) is 4.39 Å². The molecule has 0 spiro atoms. The van der Waals surface area contributed by atoms with E-state index in [4.69, 9.17) is 0 Å². The zero-order chi connectivity index (χ0) is 20.3. The Morgan fingerprint density at radius 2 is 1.86 bits per heavy atom. The van der Waals surface area contributed by atoms with Crippen molar-refractivity contribution in [3.05, 3.63) is 64.3 Å². The smallest absolute Gasteiger partial charge is 0.293 e. The number of halogens is 1. The number of aromatic hydroxyl groups is 2. The van der Waals surface area contributed by atoms with Crippen LogP contribution in [0.3, 0.4) is 0 Å². The van der Waals surface area contributed by atoms with Crippen LogP contribution in [0.15, 0.2) is 47.4 Å². The van der Waals surface area contributed by atoms with Gasteiger partial charge >= 0.3 is 0 Å². The van der Waals surface area contributed by atoms with Crippen molar-refractivity contribution in [2.45, 2.75) is 0 Å². The van der Waals surface area contributed by atoms with Gasteiger partial charge in [-0.05, 0) is 47.7 Å². The fraction of sp³-hybridized carbons (Fsp3) is 0.105. The van der Waals surface area contributed by atoms with E-state index in [2.05, 4.69) is 5.32 Å². The van der Waals surface area contributed by atoms with Crippen molar-refractivity contribution in [1.29, 1.82) is 0 Å². The van der Waals surface area contributed by atoms with Crippen LogP contribution in [0, 0.1) is 5.82 Å². The molecule has 0 aromatic heterocycles. The number of hydrogen-bond acceptors (Lipinski definition) is 6. The second kappa shape index (κ2) is 8.13. The van der Waals surface area contributed by atoms with Crippen LogP contribution in [0.5, 0.6) is 11.5 Å². The third-order valence-electron chi connectivity index (χ3n) is 3.89. The van der Waals surface area contributed by atoms with Crippen molar-refractivity contribution in [2.24, 2.45) is 0 Å². The first kappa shape index (κ1) is 19.4. The SMILES string of the molecule is O=C(NCCN1C(=O)S/C(=C\c2ccc(F)cc2)C1=O)c1ccc(O)cc1O. The molecule has 3 rings (SSSR count). The number of carbonyl (C=O) groups excluding carboxylic acids is 3. The van der Waals surface area contributed by atoms with Crippen molar-refractivity contribution in [3.63, 3.8) is 0 Å². The standard InChI is InChI=1S/C19H15FN2O5S/c20-12-3-1-11(2-4-12)9-16-18(26)22(19(27)28-16)8-7-21-17(25)14-6-5-13(23)10-15(14)24/h1-6,9-10,23-24H,7-8H2,(H,21,25)/b16-9-. The Bertz CT molecular complexity index is 975. The van der Waals surface area contributed by atoms with Gasteiger partial charge < -0.3 is 15.5 Å². The number of hydrogen-bond donors (Lipinski definition) is 3. The molecular formula is C19H15FN2O5S. The fourth-order valence-electron chi connectivity index (χ4n) is 2.49. The number of phenols is 2. The minimum atomic E-state index is -0.605. The number of amides is 3. The summed E-state index contributed by atoms with van der Waals surface area (Å²) in [6.07, 6.45) is 1.50. The number of nitrogens with zero attached hydrogens (tertiary/aromatic N) is 1. The van der Waals surface area contributed by atoms with Crippen molar-refractivity contribution in [2.75, 3.05) is 13.1 Å². The summed E-state index contributed by atoms with van der Waals surface area (Å²) in [6, 6.07) is 9.04. The summed E-state index contributed by atoms with van der Waals surface area (Å²) in [5.41, 5.74) is 0.547. The molecule has 1 aliphatic heterocycles. The first-order valence-corrected chi connectivity index (χ1v) is 8.98. The Balaban J connectivity index is 1.60. The molecular weight excluding hydrogens is 387 g/mol. The van der Waals surface area contributed by atoms with E-state index in [1.165, 1.54) is 42.5 Å². The monoisotopic (exact) mass is 402 g/mol. The van der Waals surface area contributed by atoms with E-state index in [0.717, 1.165) is 22.7 Å². The van der Waals surface area contributed by atoms with Gasteiger partial charge in [-0.15, -0.1) is 0 Å². The molecule has 144 valence electrons. The average Bonchev–Trinajstić information content (AvgIpc) is 2.91. The molecule has 0 aliphatic carbocycles. The Hall–Kier alpha value is -3.33. The molecule has 1 aliphatic rings. The maximum Gasteiger partial charge on any atom is 0.293 e. The maximum atomic E-state index is 13.0. The molecule has 1 heterocycles. The molecule has 0 saturated carbocycles. The second-order valence-electron chi connectivity index (χ2n) is 5.84. The largest absolute Gasteiger partial charge is 0.508 e. The molecule has 3 amide bonds. The lowest BCUT2D eigenvalue weighted by atomic mass is 10.2. The summed E-state index contributed by atoms with van der Waals surface area (Å²) in [5, 5.41) is 20.9. The molecule has 2 aromatic carbocycles. The van der Waals surface area contributed by atoms with Gasteiger partial charge in [0.1, 0.15) is 17.3 Å². The number of rotatable bonds is 5. The van der Waals surface area contributed by atoms with Gasteiger partial charge in [0.25, 0.3) is 17.1 Å². The summed E-state index contributed by atoms with van der Waals surface area (Å²) in [7, 11) is 0. The summed E-state index contributed by atoms with van der Waals surface area (Å²) >= 11 is 0.764. The minimum Gasteiger partial charge on any atom is -0.508 e. The summed E-state index contributed by atoms with van der Waals surface area (Å²) in [6.45, 7) is -0.0585. The number of carbonyl (C=O) groups is 3. The second-order valence-corrected chi connectivity index (χ2v) is 6.84. The van der Waals surface area contributed by atoms with E-state index in [-0.39, 0.29) is 35.1 Å². The van der Waals surface area contributed by atoms with Gasteiger partial charge in [0.15, 0.2) is 0 Å². The summed E-state index contributed by atoms with van der Waals surface area (Å²) in [4.78, 5) is 37.7. The van der Waals surface area contributed by atoms with E-state index >= 15 is 0 Å². The summed E-state index contributed by atoms with van der Waals surface area (Å²) < 4.78 is 13.0. The van der Waals surface area contributed by atoms with Crippen LogP contribution in [0.25, 0.3) is 6.08 Å². The number of benzene rings is 2. The van der Waals surface area contributed by atoms with Crippen molar-refractivity contribution >= 4 is 34.9 Å². The highest BCUT2D eigenvalue weighted by Gasteiger charge is 2.34. The zero-order valence-electron chi connectivity index (χ0n) is 14.4. The molecule has 7 nitrogen and oxygen atoms in total. The molecule has 0 radical (unpaired) electrons. The number of nitrogens with one attached hydrogen (secondary N) is 1. The topological polar surface area (TPSA) is 107 Å². The van der Waals surface area contributed by atoms with Crippen LogP contribution < -0.4 is 5.32 Å². The van der Waals surface area contributed by atoms with E-state index in [1.807, 2.05) is 0 Å². The highest BCUT2D eigenvalue weighted by molar-refractivity contribution is 8.18. The lowest BCUT2D eigenvalue weighted by molar-refractivity contribution is -0.122. The van der Waals surface area contributed by atoms with E-state index in [1.54, 1.807) is 0 Å². The van der Waals surface area contributed by atoms with Crippen LogP contribution in [-0.4, -0.2) is 45.3 Å². The molecule has 0 unspecified atom stereocenters. The Morgan fingerprint density at radius 3 is 2.54 bits per heavy atom. The van der Waals surface area contributed by atoms with Crippen LogP contribution in [0.1, 0.15) is 15.9 Å². The van der Waals surface area contributed by atoms with Crippen molar-refractivity contribution in [1.82, 2.24) is 10.2 Å². The molecule has 1 fully saturated rings. The first-order chi connectivity index (χ1) is 13.3. The molecule has 2 aromatic rings. The van der Waals surface area contributed by atoms with E-state index in [0.29, 0.717) is 5.56 Å². The molecule has 28 heavy (non-hydrogen) atoms.